The number of hydrogen-bond acceptors (Lipinski definition) is 4. The Morgan fingerprint density at radius 2 is 1.70 bits per heavy atom. The monoisotopic (exact) mass is 364 g/mol. The average Bonchev–Trinajstić information content (AvgIpc) is 3.23. The van der Waals surface area contributed by atoms with Crippen LogP contribution in [-0.4, -0.2) is 29.7 Å². The second kappa shape index (κ2) is 8.23. The summed E-state index contributed by atoms with van der Waals surface area (Å²) in [4.78, 5) is 24.7. The molecule has 0 aliphatic heterocycles. The molecule has 138 valence electrons. The summed E-state index contributed by atoms with van der Waals surface area (Å²) in [6.45, 7) is 1.53. The van der Waals surface area contributed by atoms with Crippen LogP contribution in [0.25, 0.3) is 5.69 Å². The molecule has 3 rings (SSSR count). The van der Waals surface area contributed by atoms with Crippen molar-refractivity contribution >= 4 is 17.6 Å². The highest BCUT2D eigenvalue weighted by Gasteiger charge is 2.19. The van der Waals surface area contributed by atoms with E-state index in [-0.39, 0.29) is 0 Å². The number of esters is 1. The smallest absolute Gasteiger partial charge is 0.338 e. The summed E-state index contributed by atoms with van der Waals surface area (Å²) < 4.78 is 12.3. The number of hydrogen-bond donors (Lipinski definition) is 1. The molecule has 0 aliphatic carbocycles. The standard InChI is InChI=1S/C21H20N2O4/c1-15(20(24)22-17-8-10-19(26-2)11-9-17)27-21(25)16-6-5-7-18(14-16)23-12-3-4-13-23/h3-15H,1-2H3,(H,22,24). The van der Waals surface area contributed by atoms with Crippen LogP contribution in [0, 0.1) is 0 Å². The van der Waals surface area contributed by atoms with Gasteiger partial charge in [0.05, 0.1) is 12.7 Å². The van der Waals surface area contributed by atoms with E-state index in [0.717, 1.165) is 5.69 Å². The Morgan fingerprint density at radius 3 is 2.37 bits per heavy atom. The minimum atomic E-state index is -0.935. The molecule has 1 amide bonds. The summed E-state index contributed by atoms with van der Waals surface area (Å²) in [6, 6.07) is 17.7. The van der Waals surface area contributed by atoms with Crippen molar-refractivity contribution in [1.29, 1.82) is 0 Å². The zero-order valence-corrected chi connectivity index (χ0v) is 15.1. The molecule has 0 aliphatic rings. The second-order valence-electron chi connectivity index (χ2n) is 5.91. The molecule has 6 nitrogen and oxygen atoms in total. The van der Waals surface area contributed by atoms with E-state index in [1.165, 1.54) is 6.92 Å². The van der Waals surface area contributed by atoms with Gasteiger partial charge in [-0.15, -0.1) is 0 Å². The van der Waals surface area contributed by atoms with Crippen LogP contribution in [0.5, 0.6) is 5.75 Å². The number of ether oxygens (including phenoxy) is 2. The van der Waals surface area contributed by atoms with Gasteiger partial charge in [-0.1, -0.05) is 6.07 Å². The van der Waals surface area contributed by atoms with Gasteiger partial charge in [0.2, 0.25) is 0 Å². The first-order valence-corrected chi connectivity index (χ1v) is 8.46. The Balaban J connectivity index is 1.62. The average molecular weight is 364 g/mol. The summed E-state index contributed by atoms with van der Waals surface area (Å²) >= 11 is 0. The van der Waals surface area contributed by atoms with Crippen molar-refractivity contribution < 1.29 is 19.1 Å². The number of anilines is 1. The molecule has 0 saturated carbocycles. The highest BCUT2D eigenvalue weighted by molar-refractivity contribution is 5.97. The first-order valence-electron chi connectivity index (χ1n) is 8.46. The molecule has 1 N–H and O–H groups in total. The van der Waals surface area contributed by atoms with Crippen molar-refractivity contribution in [1.82, 2.24) is 4.57 Å². The zero-order valence-electron chi connectivity index (χ0n) is 15.1. The first kappa shape index (κ1) is 18.3. The van der Waals surface area contributed by atoms with Crippen molar-refractivity contribution in [3.8, 4) is 11.4 Å². The fourth-order valence-corrected chi connectivity index (χ4v) is 2.50. The number of nitrogens with one attached hydrogen (secondary N) is 1. The number of rotatable bonds is 6. The van der Waals surface area contributed by atoms with Gasteiger partial charge >= 0.3 is 5.97 Å². The van der Waals surface area contributed by atoms with Gasteiger partial charge in [0.1, 0.15) is 5.75 Å². The summed E-state index contributed by atoms with van der Waals surface area (Å²) in [5.41, 5.74) is 1.81. The van der Waals surface area contributed by atoms with Crippen molar-refractivity contribution in [3.05, 3.63) is 78.6 Å². The topological polar surface area (TPSA) is 69.6 Å². The highest BCUT2D eigenvalue weighted by Crippen LogP contribution is 2.16. The van der Waals surface area contributed by atoms with Crippen LogP contribution < -0.4 is 10.1 Å². The van der Waals surface area contributed by atoms with E-state index in [2.05, 4.69) is 5.32 Å². The molecule has 1 aromatic heterocycles. The lowest BCUT2D eigenvalue weighted by atomic mass is 10.2. The summed E-state index contributed by atoms with van der Waals surface area (Å²) in [7, 11) is 1.57. The number of amides is 1. The van der Waals surface area contributed by atoms with Crippen molar-refractivity contribution in [2.75, 3.05) is 12.4 Å². The van der Waals surface area contributed by atoms with E-state index >= 15 is 0 Å². The zero-order chi connectivity index (χ0) is 19.2. The Bertz CT molecular complexity index is 918. The van der Waals surface area contributed by atoms with Gasteiger partial charge < -0.3 is 19.4 Å². The minimum Gasteiger partial charge on any atom is -0.497 e. The van der Waals surface area contributed by atoms with E-state index in [4.69, 9.17) is 9.47 Å². The van der Waals surface area contributed by atoms with E-state index in [1.807, 2.05) is 35.2 Å². The molecule has 0 fully saturated rings. The van der Waals surface area contributed by atoms with Crippen molar-refractivity contribution in [2.24, 2.45) is 0 Å². The molecule has 27 heavy (non-hydrogen) atoms. The van der Waals surface area contributed by atoms with Crippen molar-refractivity contribution in [2.45, 2.75) is 13.0 Å². The predicted molar refractivity (Wildman–Crippen MR) is 102 cm³/mol. The number of benzene rings is 2. The molecule has 0 radical (unpaired) electrons. The van der Waals surface area contributed by atoms with Gasteiger partial charge in [0.15, 0.2) is 6.10 Å². The van der Waals surface area contributed by atoms with Crippen LogP contribution in [0.3, 0.4) is 0 Å². The molecule has 0 spiro atoms. The first-order chi connectivity index (χ1) is 13.1. The molecule has 0 saturated heterocycles. The molecule has 1 heterocycles. The number of nitrogens with zero attached hydrogens (tertiary/aromatic N) is 1. The maximum absolute atomic E-state index is 12.4. The normalized spacial score (nSPS) is 11.5. The third kappa shape index (κ3) is 4.55. The lowest BCUT2D eigenvalue weighted by Gasteiger charge is -2.14. The summed E-state index contributed by atoms with van der Waals surface area (Å²) in [5.74, 6) is -0.272. The van der Waals surface area contributed by atoms with E-state index in [1.54, 1.807) is 49.6 Å². The summed E-state index contributed by atoms with van der Waals surface area (Å²) in [6.07, 6.45) is 2.83. The largest absolute Gasteiger partial charge is 0.497 e. The molecule has 0 bridgehead atoms. The van der Waals surface area contributed by atoms with Gasteiger partial charge in [-0.25, -0.2) is 4.79 Å². The Morgan fingerprint density at radius 1 is 1.00 bits per heavy atom. The van der Waals surface area contributed by atoms with Crippen LogP contribution >= 0.6 is 0 Å². The Kier molecular flexibility index (Phi) is 5.56. The third-order valence-corrected chi connectivity index (χ3v) is 4.00. The SMILES string of the molecule is COc1ccc(NC(=O)C(C)OC(=O)c2cccc(-n3cccc3)c2)cc1. The van der Waals surface area contributed by atoms with Gasteiger partial charge in [-0.3, -0.25) is 4.79 Å². The van der Waals surface area contributed by atoms with Gasteiger partial charge in [0.25, 0.3) is 5.91 Å². The molecule has 1 unspecified atom stereocenters. The van der Waals surface area contributed by atoms with Crippen LogP contribution in [-0.2, 0) is 9.53 Å². The van der Waals surface area contributed by atoms with Crippen molar-refractivity contribution in [3.63, 3.8) is 0 Å². The number of methoxy groups -OCH3 is 1. The summed E-state index contributed by atoms with van der Waals surface area (Å²) in [5, 5.41) is 2.71. The highest BCUT2D eigenvalue weighted by atomic mass is 16.5. The molecule has 1 atom stereocenters. The fraction of sp³-hybridized carbons (Fsp3) is 0.143. The van der Waals surface area contributed by atoms with Crippen LogP contribution in [0.4, 0.5) is 5.69 Å². The third-order valence-electron chi connectivity index (χ3n) is 4.00. The van der Waals surface area contributed by atoms with E-state index in [0.29, 0.717) is 17.0 Å². The number of carbonyl (C=O) groups excluding carboxylic acids is 2. The maximum Gasteiger partial charge on any atom is 0.338 e. The fourth-order valence-electron chi connectivity index (χ4n) is 2.50. The quantitative estimate of drug-likeness (QED) is 0.678. The van der Waals surface area contributed by atoms with Gasteiger partial charge in [-0.05, 0) is 61.5 Å². The van der Waals surface area contributed by atoms with E-state index < -0.39 is 18.0 Å². The Labute approximate surface area is 157 Å². The van der Waals surface area contributed by atoms with E-state index in [9.17, 15) is 9.59 Å². The van der Waals surface area contributed by atoms with Crippen LogP contribution in [0.15, 0.2) is 73.1 Å². The second-order valence-corrected chi connectivity index (χ2v) is 5.91. The maximum atomic E-state index is 12.4. The molecular weight excluding hydrogens is 344 g/mol. The van der Waals surface area contributed by atoms with Crippen LogP contribution in [0.2, 0.25) is 0 Å². The lowest BCUT2D eigenvalue weighted by molar-refractivity contribution is -0.123. The predicted octanol–water partition coefficient (Wildman–Crippen LogP) is 3.67. The molecular formula is C21H20N2O4. The lowest BCUT2D eigenvalue weighted by Crippen LogP contribution is -2.30. The molecule has 6 heteroatoms. The molecule has 3 aromatic rings. The van der Waals surface area contributed by atoms with Gasteiger partial charge in [-0.2, -0.15) is 0 Å². The molecule has 2 aromatic carbocycles. The van der Waals surface area contributed by atoms with Gasteiger partial charge in [0, 0.05) is 23.8 Å². The van der Waals surface area contributed by atoms with Crippen LogP contribution in [0.1, 0.15) is 17.3 Å². The Hall–Kier alpha value is -3.54. The number of aromatic nitrogens is 1. The number of carbonyl (C=O) groups is 2. The minimum absolute atomic E-state index is 0.380.